The Hall–Kier alpha value is -0.240. The summed E-state index contributed by atoms with van der Waals surface area (Å²) in [5, 5.41) is 9.50. The monoisotopic (exact) mass is 175 g/mol. The highest BCUT2D eigenvalue weighted by Crippen LogP contribution is 2.24. The minimum atomic E-state index is -0.126. The van der Waals surface area contributed by atoms with Crippen LogP contribution >= 0.6 is 23.2 Å². The summed E-state index contributed by atoms with van der Waals surface area (Å²) in [5.74, 6) is 0. The van der Waals surface area contributed by atoms with E-state index in [0.29, 0.717) is 15.6 Å². The van der Waals surface area contributed by atoms with Gasteiger partial charge in [0.25, 0.3) is 0 Å². The summed E-state index contributed by atoms with van der Waals surface area (Å²) < 4.78 is 0. The molecule has 0 aliphatic carbocycles. The molecule has 0 aromatic heterocycles. The van der Waals surface area contributed by atoms with Gasteiger partial charge in [-0.3, -0.25) is 0 Å². The highest BCUT2D eigenvalue weighted by Gasteiger charge is 2.01. The Kier molecular flexibility index (Phi) is 2.55. The minimum Gasteiger partial charge on any atom is -0.392 e. The number of hydrogen-bond acceptors (Lipinski definition) is 1. The zero-order valence-corrected chi connectivity index (χ0v) is 6.58. The van der Waals surface area contributed by atoms with Gasteiger partial charge in [0, 0.05) is 5.56 Å². The maximum absolute atomic E-state index is 8.67. The lowest BCUT2D eigenvalue weighted by atomic mass is 10.2. The molecule has 1 aromatic carbocycles. The predicted molar refractivity (Wildman–Crippen MR) is 41.2 cm³/mol. The first-order chi connectivity index (χ1) is 4.75. The molecule has 0 fully saturated rings. The van der Waals surface area contributed by atoms with Gasteiger partial charge < -0.3 is 5.11 Å². The van der Waals surface area contributed by atoms with Gasteiger partial charge in [-0.1, -0.05) is 29.3 Å². The molecular weight excluding hydrogens is 171 g/mol. The lowest BCUT2D eigenvalue weighted by molar-refractivity contribution is 0.281. The molecule has 1 rings (SSSR count). The Morgan fingerprint density at radius 3 is 2.70 bits per heavy atom. The molecule has 1 nitrogen and oxygen atoms in total. The average molecular weight is 176 g/mol. The summed E-state index contributed by atoms with van der Waals surface area (Å²) in [6, 6.07) is 6.01. The highest BCUT2D eigenvalue weighted by molar-refractivity contribution is 6.42. The van der Waals surface area contributed by atoms with E-state index in [9.17, 15) is 0 Å². The predicted octanol–water partition coefficient (Wildman–Crippen LogP) is 2.29. The highest BCUT2D eigenvalue weighted by atomic mass is 35.5. The first kappa shape index (κ1) is 7.86. The number of hydrogen-bond donors (Lipinski definition) is 1. The van der Waals surface area contributed by atoms with Crippen LogP contribution < -0.4 is 0 Å². The first-order valence-electron chi connectivity index (χ1n) is 2.71. The van der Waals surface area contributed by atoms with Crippen molar-refractivity contribution < 1.29 is 5.11 Å². The Bertz CT molecular complexity index is 235. The van der Waals surface area contributed by atoms with Crippen molar-refractivity contribution in [2.45, 2.75) is 6.61 Å². The molecule has 0 amide bonds. The second-order valence-electron chi connectivity index (χ2n) is 1.78. The fourth-order valence-corrected chi connectivity index (χ4v) is 0.966. The van der Waals surface area contributed by atoms with E-state index in [1.165, 1.54) is 0 Å². The fourth-order valence-electron chi connectivity index (χ4n) is 0.611. The normalized spacial score (nSPS) is 9.90. The zero-order chi connectivity index (χ0) is 7.56. The van der Waals surface area contributed by atoms with Gasteiger partial charge in [-0.2, -0.15) is 0 Å². The molecule has 0 saturated carbocycles. The largest absolute Gasteiger partial charge is 0.392 e. The maximum Gasteiger partial charge on any atom is 0.0703 e. The van der Waals surface area contributed by atoms with Gasteiger partial charge in [-0.15, -0.1) is 0 Å². The molecule has 1 aromatic rings. The molecule has 0 aliphatic rings. The maximum atomic E-state index is 8.67. The third-order valence-corrected chi connectivity index (χ3v) is 1.96. The Balaban J connectivity index is 3.14. The van der Waals surface area contributed by atoms with E-state index in [0.717, 1.165) is 0 Å². The van der Waals surface area contributed by atoms with Gasteiger partial charge >= 0.3 is 0 Å². The topological polar surface area (TPSA) is 20.2 Å². The van der Waals surface area contributed by atoms with E-state index in [4.69, 9.17) is 28.3 Å². The van der Waals surface area contributed by atoms with Crippen LogP contribution in [0.25, 0.3) is 0 Å². The van der Waals surface area contributed by atoms with E-state index in [-0.39, 0.29) is 6.61 Å². The van der Waals surface area contributed by atoms with Crippen molar-refractivity contribution in [2.24, 2.45) is 0 Å². The Labute approximate surface area is 69.2 Å². The number of halogens is 2. The lowest BCUT2D eigenvalue weighted by Gasteiger charge is -1.99. The van der Waals surface area contributed by atoms with E-state index in [1.54, 1.807) is 12.1 Å². The molecule has 0 atom stereocenters. The van der Waals surface area contributed by atoms with Gasteiger partial charge in [0.05, 0.1) is 16.7 Å². The second kappa shape index (κ2) is 3.24. The number of rotatable bonds is 1. The van der Waals surface area contributed by atoms with Crippen LogP contribution in [0.3, 0.4) is 0 Å². The molecule has 0 aliphatic heterocycles. The van der Waals surface area contributed by atoms with E-state index < -0.39 is 0 Å². The van der Waals surface area contributed by atoms with Crippen molar-refractivity contribution in [1.82, 2.24) is 0 Å². The van der Waals surface area contributed by atoms with Crippen LogP contribution in [0.5, 0.6) is 0 Å². The smallest absolute Gasteiger partial charge is 0.0703 e. The van der Waals surface area contributed by atoms with Crippen LogP contribution in [0, 0.1) is 6.07 Å². The molecule has 0 unspecified atom stereocenters. The van der Waals surface area contributed by atoms with Crippen molar-refractivity contribution in [1.29, 1.82) is 0 Å². The first-order valence-corrected chi connectivity index (χ1v) is 3.46. The molecule has 10 heavy (non-hydrogen) atoms. The van der Waals surface area contributed by atoms with E-state index in [2.05, 4.69) is 6.07 Å². The third-order valence-electron chi connectivity index (χ3n) is 1.12. The summed E-state index contributed by atoms with van der Waals surface area (Å²) in [7, 11) is 0. The Morgan fingerprint density at radius 1 is 1.50 bits per heavy atom. The van der Waals surface area contributed by atoms with Crippen molar-refractivity contribution in [2.75, 3.05) is 0 Å². The molecule has 0 saturated heterocycles. The molecular formula is C7H5Cl2O. The third kappa shape index (κ3) is 1.43. The number of benzene rings is 1. The number of aliphatic hydroxyl groups excluding tert-OH is 1. The number of aliphatic hydroxyl groups is 1. The van der Waals surface area contributed by atoms with Crippen molar-refractivity contribution >= 4 is 23.2 Å². The Morgan fingerprint density at radius 2 is 2.20 bits per heavy atom. The molecule has 0 heterocycles. The molecule has 0 spiro atoms. The summed E-state index contributed by atoms with van der Waals surface area (Å²) in [5.41, 5.74) is 0.536. The summed E-state index contributed by atoms with van der Waals surface area (Å²) >= 11 is 11.3. The molecule has 0 bridgehead atoms. The summed E-state index contributed by atoms with van der Waals surface area (Å²) in [6.07, 6.45) is 0. The van der Waals surface area contributed by atoms with Crippen molar-refractivity contribution in [3.63, 3.8) is 0 Å². The van der Waals surface area contributed by atoms with Crippen molar-refractivity contribution in [3.8, 4) is 0 Å². The SMILES string of the molecule is OCc1[c]ccc(Cl)c1Cl. The molecule has 3 heteroatoms. The molecule has 53 valence electrons. The fraction of sp³-hybridized carbons (Fsp3) is 0.143. The lowest BCUT2D eigenvalue weighted by Crippen LogP contribution is -1.84. The van der Waals surface area contributed by atoms with Crippen LogP contribution in [0.2, 0.25) is 10.0 Å². The average Bonchev–Trinajstić information content (AvgIpc) is 1.95. The van der Waals surface area contributed by atoms with Gasteiger partial charge in [0.2, 0.25) is 0 Å². The van der Waals surface area contributed by atoms with Crippen LogP contribution in [0.4, 0.5) is 0 Å². The molecule has 1 radical (unpaired) electrons. The standard InChI is InChI=1S/C7H5Cl2O/c8-6-3-1-2-5(4-10)7(6)9/h1,3,10H,4H2. The van der Waals surface area contributed by atoms with Crippen molar-refractivity contribution in [3.05, 3.63) is 33.8 Å². The minimum absolute atomic E-state index is 0.126. The second-order valence-corrected chi connectivity index (χ2v) is 2.56. The van der Waals surface area contributed by atoms with Gasteiger partial charge in [-0.25, -0.2) is 0 Å². The van der Waals surface area contributed by atoms with Crippen LogP contribution in [0.15, 0.2) is 12.1 Å². The summed E-state index contributed by atoms with van der Waals surface area (Å²) in [6.45, 7) is -0.126. The quantitative estimate of drug-likeness (QED) is 0.695. The van der Waals surface area contributed by atoms with Gasteiger partial charge in [0.15, 0.2) is 0 Å². The van der Waals surface area contributed by atoms with E-state index in [1.807, 2.05) is 0 Å². The van der Waals surface area contributed by atoms with Crippen LogP contribution in [-0.2, 0) is 6.61 Å². The van der Waals surface area contributed by atoms with Gasteiger partial charge in [-0.05, 0) is 12.1 Å². The molecule has 1 N–H and O–H groups in total. The van der Waals surface area contributed by atoms with E-state index >= 15 is 0 Å². The zero-order valence-electron chi connectivity index (χ0n) is 5.06. The van der Waals surface area contributed by atoms with Crippen LogP contribution in [-0.4, -0.2) is 5.11 Å². The van der Waals surface area contributed by atoms with Gasteiger partial charge in [0.1, 0.15) is 0 Å². The summed E-state index contributed by atoms with van der Waals surface area (Å²) in [4.78, 5) is 0. The van der Waals surface area contributed by atoms with Crippen LogP contribution in [0.1, 0.15) is 5.56 Å².